The molecule has 28 heavy (non-hydrogen) atoms. The molecule has 0 unspecified atom stereocenters. The van der Waals surface area contributed by atoms with Crippen LogP contribution in [0.5, 0.6) is 5.88 Å². The number of aromatic hydroxyl groups is 1. The fourth-order valence-corrected chi connectivity index (χ4v) is 4.42. The van der Waals surface area contributed by atoms with Gasteiger partial charge in [-0.2, -0.15) is 4.68 Å². The molecule has 0 bridgehead atoms. The van der Waals surface area contributed by atoms with Crippen LogP contribution in [0.4, 0.5) is 0 Å². The summed E-state index contributed by atoms with van der Waals surface area (Å²) in [6, 6.07) is 12.2. The van der Waals surface area contributed by atoms with Gasteiger partial charge in [-0.3, -0.25) is 15.0 Å². The minimum Gasteiger partial charge on any atom is -0.492 e. The zero-order valence-electron chi connectivity index (χ0n) is 14.4. The van der Waals surface area contributed by atoms with Crippen molar-refractivity contribution in [2.75, 3.05) is 5.43 Å². The first-order valence-electron chi connectivity index (χ1n) is 8.12. The SMILES string of the molecule is Cc1cccc2c1=NC(=O)C=2c1sc(=S)n(NC(=O)c2ccc(Br)cc2)c1O. The number of benzene rings is 2. The third kappa shape index (κ3) is 3.11. The highest BCUT2D eigenvalue weighted by Crippen LogP contribution is 2.31. The number of para-hydroxylation sites is 1. The maximum atomic E-state index is 12.5. The van der Waals surface area contributed by atoms with Crippen molar-refractivity contribution in [2.24, 2.45) is 4.99 Å². The Bertz CT molecular complexity index is 1320. The Morgan fingerprint density at radius 3 is 2.68 bits per heavy atom. The van der Waals surface area contributed by atoms with E-state index in [0.29, 0.717) is 16.1 Å². The second-order valence-electron chi connectivity index (χ2n) is 6.07. The van der Waals surface area contributed by atoms with Gasteiger partial charge in [-0.05, 0) is 49.0 Å². The lowest BCUT2D eigenvalue weighted by atomic mass is 10.1. The molecule has 1 aromatic heterocycles. The number of rotatable bonds is 3. The van der Waals surface area contributed by atoms with Crippen molar-refractivity contribution < 1.29 is 14.7 Å². The largest absolute Gasteiger partial charge is 0.492 e. The number of carbonyl (C=O) groups excluding carboxylic acids is 2. The zero-order chi connectivity index (χ0) is 20.0. The molecule has 4 rings (SSSR count). The van der Waals surface area contributed by atoms with Crippen LogP contribution in [0, 0.1) is 10.9 Å². The van der Waals surface area contributed by atoms with Crippen molar-refractivity contribution in [1.82, 2.24) is 4.68 Å². The Balaban J connectivity index is 1.79. The summed E-state index contributed by atoms with van der Waals surface area (Å²) in [5.74, 6) is -1.18. The van der Waals surface area contributed by atoms with Crippen molar-refractivity contribution >= 4 is 56.9 Å². The Morgan fingerprint density at radius 1 is 1.25 bits per heavy atom. The lowest BCUT2D eigenvalue weighted by Gasteiger charge is -2.08. The van der Waals surface area contributed by atoms with Crippen LogP contribution in [-0.4, -0.2) is 21.6 Å². The van der Waals surface area contributed by atoms with Gasteiger partial charge in [-0.25, -0.2) is 4.99 Å². The molecule has 2 heterocycles. The summed E-state index contributed by atoms with van der Waals surface area (Å²) in [5, 5.41) is 11.9. The highest BCUT2D eigenvalue weighted by atomic mass is 79.9. The lowest BCUT2D eigenvalue weighted by Crippen LogP contribution is -2.25. The second-order valence-corrected chi connectivity index (χ2v) is 8.63. The van der Waals surface area contributed by atoms with Gasteiger partial charge in [0.15, 0.2) is 3.95 Å². The predicted molar refractivity (Wildman–Crippen MR) is 112 cm³/mol. The van der Waals surface area contributed by atoms with E-state index in [2.05, 4.69) is 26.3 Å². The molecular formula is C19H12BrN3O3S2. The van der Waals surface area contributed by atoms with Crippen molar-refractivity contribution in [3.63, 3.8) is 0 Å². The predicted octanol–water partition coefficient (Wildman–Crippen LogP) is 2.80. The normalized spacial score (nSPS) is 12.6. The first-order valence-corrected chi connectivity index (χ1v) is 10.1. The van der Waals surface area contributed by atoms with Gasteiger partial charge in [0, 0.05) is 15.3 Å². The Hall–Kier alpha value is -2.62. The summed E-state index contributed by atoms with van der Waals surface area (Å²) in [4.78, 5) is 29.3. The maximum Gasteiger partial charge on any atom is 0.279 e. The number of aryl methyl sites for hydroxylation is 1. The van der Waals surface area contributed by atoms with E-state index in [1.165, 1.54) is 0 Å². The van der Waals surface area contributed by atoms with Crippen LogP contribution in [-0.2, 0) is 4.79 Å². The molecule has 1 aliphatic rings. The van der Waals surface area contributed by atoms with E-state index in [1.54, 1.807) is 30.3 Å². The van der Waals surface area contributed by atoms with Gasteiger partial charge in [-0.1, -0.05) is 45.5 Å². The highest BCUT2D eigenvalue weighted by molar-refractivity contribution is 9.10. The highest BCUT2D eigenvalue weighted by Gasteiger charge is 2.26. The van der Waals surface area contributed by atoms with Crippen LogP contribution >= 0.6 is 39.5 Å². The third-order valence-electron chi connectivity index (χ3n) is 4.27. The number of fused-ring (bicyclic) bond motifs is 1. The van der Waals surface area contributed by atoms with E-state index < -0.39 is 11.8 Å². The molecule has 0 fully saturated rings. The molecule has 2 N–H and O–H groups in total. The number of nitrogens with zero attached hydrogens (tertiary/aromatic N) is 2. The molecule has 9 heteroatoms. The lowest BCUT2D eigenvalue weighted by molar-refractivity contribution is -0.112. The van der Waals surface area contributed by atoms with E-state index in [0.717, 1.165) is 26.0 Å². The quantitative estimate of drug-likeness (QED) is 0.572. The fourth-order valence-electron chi connectivity index (χ4n) is 2.90. The van der Waals surface area contributed by atoms with Crippen LogP contribution < -0.4 is 16.0 Å². The number of aromatic nitrogens is 1. The molecule has 2 amide bonds. The number of thiazole rings is 1. The van der Waals surface area contributed by atoms with Crippen molar-refractivity contribution in [2.45, 2.75) is 6.92 Å². The zero-order valence-corrected chi connectivity index (χ0v) is 17.6. The van der Waals surface area contributed by atoms with Crippen LogP contribution in [0.3, 0.4) is 0 Å². The van der Waals surface area contributed by atoms with E-state index >= 15 is 0 Å². The van der Waals surface area contributed by atoms with Crippen LogP contribution in [0.15, 0.2) is 51.9 Å². The summed E-state index contributed by atoms with van der Waals surface area (Å²) < 4.78 is 2.16. The van der Waals surface area contributed by atoms with Crippen LogP contribution in [0.1, 0.15) is 20.8 Å². The average molecular weight is 474 g/mol. The monoisotopic (exact) mass is 473 g/mol. The number of hydrogen-bond donors (Lipinski definition) is 2. The van der Waals surface area contributed by atoms with Gasteiger partial charge >= 0.3 is 0 Å². The van der Waals surface area contributed by atoms with E-state index in [9.17, 15) is 14.7 Å². The summed E-state index contributed by atoms with van der Waals surface area (Å²) in [5.41, 5.74) is 4.12. The van der Waals surface area contributed by atoms with Gasteiger partial charge in [0.25, 0.3) is 11.8 Å². The van der Waals surface area contributed by atoms with Crippen molar-refractivity contribution in [3.05, 3.63) is 77.5 Å². The first kappa shape index (κ1) is 18.7. The molecule has 140 valence electrons. The number of nitrogens with one attached hydrogen (secondary N) is 1. The van der Waals surface area contributed by atoms with Crippen molar-refractivity contribution in [1.29, 1.82) is 0 Å². The van der Waals surface area contributed by atoms with Crippen LogP contribution in [0.2, 0.25) is 0 Å². The Kier molecular flexibility index (Phi) is 4.74. The van der Waals surface area contributed by atoms with Crippen molar-refractivity contribution in [3.8, 4) is 5.88 Å². The number of hydrogen-bond acceptors (Lipinski definition) is 5. The van der Waals surface area contributed by atoms with Gasteiger partial charge < -0.3 is 5.11 Å². The number of halogens is 1. The van der Waals surface area contributed by atoms with Gasteiger partial charge in [0.05, 0.1) is 10.9 Å². The minimum absolute atomic E-state index is 0.208. The van der Waals surface area contributed by atoms with Gasteiger partial charge in [0.2, 0.25) is 5.88 Å². The molecule has 0 aliphatic carbocycles. The van der Waals surface area contributed by atoms with E-state index in [1.807, 2.05) is 19.1 Å². The summed E-state index contributed by atoms with van der Waals surface area (Å²) in [7, 11) is 0. The molecule has 0 atom stereocenters. The van der Waals surface area contributed by atoms with Crippen LogP contribution in [0.25, 0.3) is 5.57 Å². The first-order chi connectivity index (χ1) is 13.4. The maximum absolute atomic E-state index is 12.5. The average Bonchev–Trinajstić information content (AvgIpc) is 3.13. The molecule has 2 aromatic carbocycles. The Labute approximate surface area is 176 Å². The molecule has 0 radical (unpaired) electrons. The molecule has 0 saturated heterocycles. The molecule has 6 nitrogen and oxygen atoms in total. The summed E-state index contributed by atoms with van der Waals surface area (Å²) in [6.07, 6.45) is 0. The minimum atomic E-state index is -0.442. The molecule has 1 aliphatic heterocycles. The summed E-state index contributed by atoms with van der Waals surface area (Å²) >= 11 is 9.64. The molecular weight excluding hydrogens is 462 g/mol. The standard InChI is InChI=1S/C19H12BrN3O3S2/c1-9-3-2-4-12-13(17(25)21-14(9)12)15-18(26)23(19(27)28-15)22-16(24)10-5-7-11(20)8-6-10/h2-8,26H,1H3,(H,22,24). The Morgan fingerprint density at radius 2 is 1.96 bits per heavy atom. The molecule has 0 saturated carbocycles. The van der Waals surface area contributed by atoms with Gasteiger partial charge in [0.1, 0.15) is 4.88 Å². The second kappa shape index (κ2) is 7.08. The van der Waals surface area contributed by atoms with E-state index in [-0.39, 0.29) is 20.3 Å². The van der Waals surface area contributed by atoms with Gasteiger partial charge in [-0.15, -0.1) is 0 Å². The van der Waals surface area contributed by atoms with E-state index in [4.69, 9.17) is 12.2 Å². The summed E-state index contributed by atoms with van der Waals surface area (Å²) in [6.45, 7) is 1.87. The molecule has 3 aromatic rings. The topological polar surface area (TPSA) is 83.7 Å². The number of carbonyl (C=O) groups is 2. The smallest absolute Gasteiger partial charge is 0.279 e. The fraction of sp³-hybridized carbons (Fsp3) is 0.0526. The number of amides is 2. The third-order valence-corrected chi connectivity index (χ3v) is 6.18. The molecule has 0 spiro atoms.